The van der Waals surface area contributed by atoms with E-state index in [1.165, 1.54) is 0 Å². The Morgan fingerprint density at radius 3 is 2.41 bits per heavy atom. The first-order valence-corrected chi connectivity index (χ1v) is 5.17. The van der Waals surface area contributed by atoms with Crippen molar-refractivity contribution >= 4 is 11.9 Å². The third-order valence-electron chi connectivity index (χ3n) is 2.04. The molecule has 0 saturated heterocycles. The molecule has 0 saturated carbocycles. The van der Waals surface area contributed by atoms with E-state index in [0.29, 0.717) is 0 Å². The maximum Gasteiger partial charge on any atom is 0.342 e. The van der Waals surface area contributed by atoms with Gasteiger partial charge in [-0.1, -0.05) is 29.8 Å². The van der Waals surface area contributed by atoms with Gasteiger partial charge in [-0.15, -0.1) is 0 Å². The number of hydrogen-bond donors (Lipinski definition) is 1. The molecule has 17 heavy (non-hydrogen) atoms. The standard InChI is InChI=1S/C12H14O5/c1-9-2-4-10(5-3-9)8-16-17-12(15)7-6-11(13)14/h2-5H,6-8H2,1H3,(H,13,14). The van der Waals surface area contributed by atoms with Crippen molar-refractivity contribution in [3.05, 3.63) is 35.4 Å². The summed E-state index contributed by atoms with van der Waals surface area (Å²) in [7, 11) is 0. The number of aryl methyl sites for hydroxylation is 1. The van der Waals surface area contributed by atoms with Gasteiger partial charge in [0.15, 0.2) is 0 Å². The number of carboxylic acid groups (broad SMARTS) is 1. The molecule has 1 aromatic rings. The lowest BCUT2D eigenvalue weighted by atomic mass is 10.2. The Hall–Kier alpha value is -1.88. The van der Waals surface area contributed by atoms with Gasteiger partial charge in [-0.2, -0.15) is 4.89 Å². The second kappa shape index (κ2) is 6.65. The van der Waals surface area contributed by atoms with Gasteiger partial charge in [0.25, 0.3) is 0 Å². The second-order valence-corrected chi connectivity index (χ2v) is 3.60. The lowest BCUT2D eigenvalue weighted by Crippen LogP contribution is -2.08. The van der Waals surface area contributed by atoms with Crippen LogP contribution in [0.2, 0.25) is 0 Å². The van der Waals surface area contributed by atoms with Gasteiger partial charge in [0, 0.05) is 0 Å². The number of carbonyl (C=O) groups is 2. The fourth-order valence-electron chi connectivity index (χ4n) is 1.10. The largest absolute Gasteiger partial charge is 0.481 e. The molecule has 92 valence electrons. The predicted molar refractivity (Wildman–Crippen MR) is 58.9 cm³/mol. The third-order valence-corrected chi connectivity index (χ3v) is 2.04. The number of aliphatic carboxylic acids is 1. The first-order valence-electron chi connectivity index (χ1n) is 5.17. The van der Waals surface area contributed by atoms with E-state index in [0.717, 1.165) is 11.1 Å². The normalized spacial score (nSPS) is 9.94. The second-order valence-electron chi connectivity index (χ2n) is 3.60. The molecule has 1 N–H and O–H groups in total. The lowest BCUT2D eigenvalue weighted by Gasteiger charge is -2.03. The van der Waals surface area contributed by atoms with Crippen molar-refractivity contribution in [2.24, 2.45) is 0 Å². The van der Waals surface area contributed by atoms with Crippen LogP contribution in [0.25, 0.3) is 0 Å². The van der Waals surface area contributed by atoms with E-state index in [4.69, 9.17) is 9.99 Å². The van der Waals surface area contributed by atoms with E-state index >= 15 is 0 Å². The average Bonchev–Trinajstić information content (AvgIpc) is 2.29. The van der Waals surface area contributed by atoms with E-state index in [-0.39, 0.29) is 19.4 Å². The zero-order chi connectivity index (χ0) is 12.7. The molecule has 0 radical (unpaired) electrons. The summed E-state index contributed by atoms with van der Waals surface area (Å²) in [6, 6.07) is 7.57. The summed E-state index contributed by atoms with van der Waals surface area (Å²) in [5.74, 6) is -1.72. The minimum absolute atomic E-state index is 0.152. The SMILES string of the molecule is Cc1ccc(COOC(=O)CCC(=O)O)cc1. The van der Waals surface area contributed by atoms with Crippen molar-refractivity contribution in [2.75, 3.05) is 0 Å². The van der Waals surface area contributed by atoms with Crippen LogP contribution in [0.5, 0.6) is 0 Å². The highest BCUT2D eigenvalue weighted by molar-refractivity contribution is 5.76. The summed E-state index contributed by atoms with van der Waals surface area (Å²) in [6.45, 7) is 2.12. The molecule has 0 bridgehead atoms. The maximum atomic E-state index is 11.0. The van der Waals surface area contributed by atoms with E-state index < -0.39 is 11.9 Å². The molecule has 0 atom stereocenters. The first kappa shape index (κ1) is 13.2. The fourth-order valence-corrected chi connectivity index (χ4v) is 1.10. The Labute approximate surface area is 98.9 Å². The number of carboxylic acids is 1. The summed E-state index contributed by atoms with van der Waals surface area (Å²) >= 11 is 0. The monoisotopic (exact) mass is 238 g/mol. The van der Waals surface area contributed by atoms with Gasteiger partial charge in [-0.05, 0) is 12.5 Å². The Balaban J connectivity index is 2.21. The summed E-state index contributed by atoms with van der Waals surface area (Å²) in [5.41, 5.74) is 2.01. The molecule has 0 aliphatic rings. The molecule has 0 aliphatic heterocycles. The van der Waals surface area contributed by atoms with Crippen LogP contribution in [-0.2, 0) is 26.0 Å². The van der Waals surface area contributed by atoms with Crippen LogP contribution >= 0.6 is 0 Å². The van der Waals surface area contributed by atoms with Crippen LogP contribution in [0.15, 0.2) is 24.3 Å². The van der Waals surface area contributed by atoms with Crippen molar-refractivity contribution in [3.63, 3.8) is 0 Å². The summed E-state index contributed by atoms with van der Waals surface area (Å²) in [6.07, 6.45) is -0.448. The molecule has 0 aromatic heterocycles. The van der Waals surface area contributed by atoms with Crippen LogP contribution in [-0.4, -0.2) is 17.0 Å². The van der Waals surface area contributed by atoms with Gasteiger partial charge in [0.2, 0.25) is 0 Å². The van der Waals surface area contributed by atoms with E-state index in [1.807, 2.05) is 31.2 Å². The molecule has 5 heteroatoms. The molecule has 0 fully saturated rings. The minimum Gasteiger partial charge on any atom is -0.481 e. The minimum atomic E-state index is -1.04. The molecule has 1 rings (SSSR count). The van der Waals surface area contributed by atoms with E-state index in [1.54, 1.807) is 0 Å². The smallest absolute Gasteiger partial charge is 0.342 e. The number of rotatable bonds is 6. The van der Waals surface area contributed by atoms with Crippen LogP contribution in [0, 0.1) is 6.92 Å². The Kier molecular flexibility index (Phi) is 5.16. The Bertz CT molecular complexity index is 382. The van der Waals surface area contributed by atoms with Crippen molar-refractivity contribution < 1.29 is 24.5 Å². The zero-order valence-electron chi connectivity index (χ0n) is 9.51. The number of hydrogen-bond acceptors (Lipinski definition) is 4. The summed E-state index contributed by atoms with van der Waals surface area (Å²) in [5, 5.41) is 8.34. The van der Waals surface area contributed by atoms with Gasteiger partial charge in [-0.3, -0.25) is 9.68 Å². The van der Waals surface area contributed by atoms with Crippen molar-refractivity contribution in [1.82, 2.24) is 0 Å². The van der Waals surface area contributed by atoms with Crippen molar-refractivity contribution in [2.45, 2.75) is 26.4 Å². The molecule has 0 heterocycles. The quantitative estimate of drug-likeness (QED) is 0.604. The highest BCUT2D eigenvalue weighted by atomic mass is 17.2. The van der Waals surface area contributed by atoms with Crippen molar-refractivity contribution in [3.8, 4) is 0 Å². The van der Waals surface area contributed by atoms with Crippen LogP contribution in [0.1, 0.15) is 24.0 Å². The number of benzene rings is 1. The highest BCUT2D eigenvalue weighted by Crippen LogP contribution is 2.05. The average molecular weight is 238 g/mol. The van der Waals surface area contributed by atoms with E-state index in [9.17, 15) is 9.59 Å². The molecular weight excluding hydrogens is 224 g/mol. The fraction of sp³-hybridized carbons (Fsp3) is 0.333. The maximum absolute atomic E-state index is 11.0. The van der Waals surface area contributed by atoms with Crippen molar-refractivity contribution in [1.29, 1.82) is 0 Å². The highest BCUT2D eigenvalue weighted by Gasteiger charge is 2.07. The van der Waals surface area contributed by atoms with Gasteiger partial charge < -0.3 is 5.11 Å². The lowest BCUT2D eigenvalue weighted by molar-refractivity contribution is -0.280. The topological polar surface area (TPSA) is 72.8 Å². The van der Waals surface area contributed by atoms with Crippen LogP contribution < -0.4 is 0 Å². The molecule has 1 aromatic carbocycles. The van der Waals surface area contributed by atoms with Gasteiger partial charge >= 0.3 is 11.9 Å². The molecule has 5 nitrogen and oxygen atoms in total. The van der Waals surface area contributed by atoms with Gasteiger partial charge in [-0.25, -0.2) is 4.79 Å². The number of carbonyl (C=O) groups excluding carboxylic acids is 1. The molecular formula is C12H14O5. The first-order chi connectivity index (χ1) is 8.08. The predicted octanol–water partition coefficient (Wildman–Crippen LogP) is 1.83. The summed E-state index contributed by atoms with van der Waals surface area (Å²) < 4.78 is 0. The van der Waals surface area contributed by atoms with Crippen LogP contribution in [0.4, 0.5) is 0 Å². The van der Waals surface area contributed by atoms with Gasteiger partial charge in [0.05, 0.1) is 12.8 Å². The van der Waals surface area contributed by atoms with Gasteiger partial charge in [0.1, 0.15) is 6.61 Å². The molecule has 0 spiro atoms. The Morgan fingerprint density at radius 1 is 1.18 bits per heavy atom. The summed E-state index contributed by atoms with van der Waals surface area (Å²) in [4.78, 5) is 30.3. The molecule has 0 aliphatic carbocycles. The van der Waals surface area contributed by atoms with E-state index in [2.05, 4.69) is 4.89 Å². The zero-order valence-corrected chi connectivity index (χ0v) is 9.51. The third kappa shape index (κ3) is 5.67. The van der Waals surface area contributed by atoms with Crippen LogP contribution in [0.3, 0.4) is 0 Å². The molecule has 0 amide bonds. The molecule has 0 unspecified atom stereocenters. The Morgan fingerprint density at radius 2 is 1.82 bits per heavy atom.